The summed E-state index contributed by atoms with van der Waals surface area (Å²) in [5.74, 6) is 0.949. The van der Waals surface area contributed by atoms with Gasteiger partial charge in [-0.05, 0) is 17.7 Å². The smallest absolute Gasteiger partial charge is 0.141 e. The van der Waals surface area contributed by atoms with Gasteiger partial charge < -0.3 is 10.5 Å². The summed E-state index contributed by atoms with van der Waals surface area (Å²) in [6.07, 6.45) is 1.70. The Kier molecular flexibility index (Phi) is 3.23. The third kappa shape index (κ3) is 2.70. The van der Waals surface area contributed by atoms with Crippen molar-refractivity contribution in [3.05, 3.63) is 29.6 Å². The molecule has 1 aromatic rings. The molecule has 1 aliphatic rings. The van der Waals surface area contributed by atoms with Gasteiger partial charge in [-0.15, -0.1) is 11.8 Å². The minimum absolute atomic E-state index is 0.0221. The van der Waals surface area contributed by atoms with E-state index in [1.165, 1.54) is 0 Å². The van der Waals surface area contributed by atoms with Gasteiger partial charge in [-0.1, -0.05) is 0 Å². The number of thioether (sulfide) groups is 1. The molecule has 80 valence electrons. The fourth-order valence-corrected chi connectivity index (χ4v) is 2.23. The number of nitrogen functional groups attached to an aromatic ring is 1. The Hall–Kier alpha value is -1.07. The van der Waals surface area contributed by atoms with E-state index in [-0.39, 0.29) is 5.84 Å². The fourth-order valence-electron chi connectivity index (χ4n) is 1.24. The highest BCUT2D eigenvalue weighted by molar-refractivity contribution is 7.99. The van der Waals surface area contributed by atoms with E-state index in [9.17, 15) is 0 Å². The molecule has 0 spiro atoms. The van der Waals surface area contributed by atoms with Crippen molar-refractivity contribution < 1.29 is 4.74 Å². The number of rotatable bonds is 4. The second-order valence-corrected chi connectivity index (χ2v) is 4.72. The maximum absolute atomic E-state index is 7.28. The topological polar surface area (TPSA) is 72.0 Å². The van der Waals surface area contributed by atoms with Crippen LogP contribution in [0, 0.1) is 5.41 Å². The molecule has 0 atom stereocenters. The minimum atomic E-state index is 0.0221. The van der Waals surface area contributed by atoms with E-state index in [0.717, 1.165) is 24.5 Å². The summed E-state index contributed by atoms with van der Waals surface area (Å²) in [6.45, 7) is 1.71. The van der Waals surface area contributed by atoms with Crippen LogP contribution >= 0.6 is 11.8 Å². The fraction of sp³-hybridized carbons (Fsp3) is 0.400. The summed E-state index contributed by atoms with van der Waals surface area (Å²) in [6, 6.07) is 3.83. The second-order valence-electron chi connectivity index (χ2n) is 3.43. The van der Waals surface area contributed by atoms with Crippen LogP contribution in [0.15, 0.2) is 18.3 Å². The molecule has 0 aliphatic carbocycles. The number of nitrogens with zero attached hydrogens (tertiary/aromatic N) is 1. The van der Waals surface area contributed by atoms with Crippen molar-refractivity contribution in [2.75, 3.05) is 13.2 Å². The van der Waals surface area contributed by atoms with Gasteiger partial charge in [0.15, 0.2) is 0 Å². The number of aromatic nitrogens is 1. The van der Waals surface area contributed by atoms with Crippen molar-refractivity contribution in [2.45, 2.75) is 11.0 Å². The zero-order valence-electron chi connectivity index (χ0n) is 8.27. The molecule has 1 aromatic heterocycles. The van der Waals surface area contributed by atoms with Gasteiger partial charge >= 0.3 is 0 Å². The van der Waals surface area contributed by atoms with Crippen LogP contribution in [-0.2, 0) is 10.5 Å². The zero-order valence-corrected chi connectivity index (χ0v) is 9.09. The number of hydrogen-bond donors (Lipinski definition) is 2. The Balaban J connectivity index is 1.94. The van der Waals surface area contributed by atoms with E-state index in [2.05, 4.69) is 4.98 Å². The Bertz CT molecular complexity index is 365. The summed E-state index contributed by atoms with van der Waals surface area (Å²) in [4.78, 5) is 4.02. The molecular weight excluding hydrogens is 210 g/mol. The third-order valence-corrected chi connectivity index (χ3v) is 3.44. The molecule has 5 heteroatoms. The zero-order chi connectivity index (χ0) is 10.7. The Labute approximate surface area is 92.7 Å². The van der Waals surface area contributed by atoms with Gasteiger partial charge in [0.05, 0.1) is 18.5 Å². The lowest BCUT2D eigenvalue weighted by molar-refractivity contribution is 0.0455. The van der Waals surface area contributed by atoms with E-state index >= 15 is 0 Å². The lowest BCUT2D eigenvalue weighted by atomic mass is 10.2. The van der Waals surface area contributed by atoms with Gasteiger partial charge in [0.25, 0.3) is 0 Å². The summed E-state index contributed by atoms with van der Waals surface area (Å²) >= 11 is 1.87. The lowest BCUT2D eigenvalue weighted by Crippen LogP contribution is -2.30. The molecule has 0 saturated carbocycles. The summed E-state index contributed by atoms with van der Waals surface area (Å²) in [5.41, 5.74) is 7.08. The molecule has 3 N–H and O–H groups in total. The third-order valence-electron chi connectivity index (χ3n) is 2.19. The summed E-state index contributed by atoms with van der Waals surface area (Å²) in [5, 5.41) is 7.91. The first-order valence-corrected chi connectivity index (χ1v) is 5.79. The highest BCUT2D eigenvalue weighted by Crippen LogP contribution is 2.23. The van der Waals surface area contributed by atoms with Crippen molar-refractivity contribution in [3.8, 4) is 0 Å². The van der Waals surface area contributed by atoms with Crippen LogP contribution < -0.4 is 5.73 Å². The van der Waals surface area contributed by atoms with E-state index in [0.29, 0.717) is 10.9 Å². The SMILES string of the molecule is N=C(N)c1cc(CSC2COC2)ccn1. The number of nitrogens with one attached hydrogen (secondary N) is 1. The van der Waals surface area contributed by atoms with E-state index in [1.54, 1.807) is 6.20 Å². The number of nitrogens with two attached hydrogens (primary N) is 1. The van der Waals surface area contributed by atoms with Crippen molar-refractivity contribution in [3.63, 3.8) is 0 Å². The number of ether oxygens (including phenoxy) is 1. The second kappa shape index (κ2) is 4.63. The summed E-state index contributed by atoms with van der Waals surface area (Å²) < 4.78 is 5.10. The molecule has 0 aromatic carbocycles. The van der Waals surface area contributed by atoms with Gasteiger partial charge in [0.1, 0.15) is 11.5 Å². The van der Waals surface area contributed by atoms with Crippen LogP contribution in [0.1, 0.15) is 11.3 Å². The minimum Gasteiger partial charge on any atom is -0.382 e. The Morgan fingerprint density at radius 1 is 1.67 bits per heavy atom. The molecule has 15 heavy (non-hydrogen) atoms. The van der Waals surface area contributed by atoms with Gasteiger partial charge in [-0.25, -0.2) is 0 Å². The average Bonchev–Trinajstić information content (AvgIpc) is 2.16. The first kappa shape index (κ1) is 10.4. The summed E-state index contributed by atoms with van der Waals surface area (Å²) in [7, 11) is 0. The number of hydrogen-bond acceptors (Lipinski definition) is 4. The van der Waals surface area contributed by atoms with Gasteiger partial charge in [0, 0.05) is 11.9 Å². The molecule has 1 saturated heterocycles. The number of amidine groups is 1. The maximum Gasteiger partial charge on any atom is 0.141 e. The predicted molar refractivity (Wildman–Crippen MR) is 61.2 cm³/mol. The molecule has 2 heterocycles. The Morgan fingerprint density at radius 2 is 2.47 bits per heavy atom. The van der Waals surface area contributed by atoms with Crippen molar-refractivity contribution in [1.29, 1.82) is 5.41 Å². The van der Waals surface area contributed by atoms with Gasteiger partial charge in [-0.3, -0.25) is 10.4 Å². The number of pyridine rings is 1. The lowest BCUT2D eigenvalue weighted by Gasteiger charge is -2.25. The van der Waals surface area contributed by atoms with E-state index < -0.39 is 0 Å². The van der Waals surface area contributed by atoms with Crippen LogP contribution in [0.3, 0.4) is 0 Å². The van der Waals surface area contributed by atoms with Crippen molar-refractivity contribution in [1.82, 2.24) is 4.98 Å². The van der Waals surface area contributed by atoms with Gasteiger partial charge in [-0.2, -0.15) is 0 Å². The quantitative estimate of drug-likeness (QED) is 0.590. The molecule has 4 nitrogen and oxygen atoms in total. The molecular formula is C10H13N3OS. The van der Waals surface area contributed by atoms with E-state index in [1.807, 2.05) is 23.9 Å². The van der Waals surface area contributed by atoms with Crippen molar-refractivity contribution >= 4 is 17.6 Å². The largest absolute Gasteiger partial charge is 0.382 e. The molecule has 0 bridgehead atoms. The van der Waals surface area contributed by atoms with Crippen LogP contribution in [0.2, 0.25) is 0 Å². The van der Waals surface area contributed by atoms with Crippen LogP contribution in [0.25, 0.3) is 0 Å². The Morgan fingerprint density at radius 3 is 3.07 bits per heavy atom. The molecule has 1 fully saturated rings. The standard InChI is InChI=1S/C10H13N3OS/c11-10(12)9-3-7(1-2-13-9)6-15-8-4-14-5-8/h1-3,8H,4-6H2,(H3,11,12). The van der Waals surface area contributed by atoms with Crippen LogP contribution in [-0.4, -0.2) is 29.3 Å². The predicted octanol–water partition coefficient (Wildman–Crippen LogP) is 0.998. The molecule has 0 amide bonds. The molecule has 2 rings (SSSR count). The average molecular weight is 223 g/mol. The molecule has 1 aliphatic heterocycles. The highest BCUT2D eigenvalue weighted by atomic mass is 32.2. The van der Waals surface area contributed by atoms with Crippen LogP contribution in [0.4, 0.5) is 0 Å². The molecule has 0 unspecified atom stereocenters. The van der Waals surface area contributed by atoms with Gasteiger partial charge in [0.2, 0.25) is 0 Å². The van der Waals surface area contributed by atoms with Crippen molar-refractivity contribution in [2.24, 2.45) is 5.73 Å². The van der Waals surface area contributed by atoms with Crippen LogP contribution in [0.5, 0.6) is 0 Å². The monoisotopic (exact) mass is 223 g/mol. The normalized spacial score (nSPS) is 16.0. The first-order chi connectivity index (χ1) is 7.25. The van der Waals surface area contributed by atoms with E-state index in [4.69, 9.17) is 15.9 Å². The maximum atomic E-state index is 7.28. The molecule has 0 radical (unpaired) electrons. The first-order valence-electron chi connectivity index (χ1n) is 4.74. The highest BCUT2D eigenvalue weighted by Gasteiger charge is 2.18.